The van der Waals surface area contributed by atoms with Crippen molar-refractivity contribution in [2.24, 2.45) is 0 Å². The highest BCUT2D eigenvalue weighted by Gasteiger charge is 2.22. The molecule has 1 aromatic carbocycles. The molecule has 0 aliphatic heterocycles. The molecule has 136 valence electrons. The third-order valence-electron chi connectivity index (χ3n) is 3.93. The first-order valence-corrected chi connectivity index (χ1v) is 8.98. The summed E-state index contributed by atoms with van der Waals surface area (Å²) in [7, 11) is 0. The van der Waals surface area contributed by atoms with Crippen molar-refractivity contribution in [3.8, 4) is 5.69 Å². The molecular formula is C18H18FN3O3S. The maximum Gasteiger partial charge on any atom is 0.323 e. The van der Waals surface area contributed by atoms with E-state index in [0.29, 0.717) is 23.5 Å². The summed E-state index contributed by atoms with van der Waals surface area (Å²) < 4.78 is 14.8. The molecule has 26 heavy (non-hydrogen) atoms. The molecule has 0 aliphatic carbocycles. The van der Waals surface area contributed by atoms with Crippen LogP contribution in [0.1, 0.15) is 28.7 Å². The molecule has 0 aliphatic rings. The van der Waals surface area contributed by atoms with Crippen molar-refractivity contribution in [2.45, 2.75) is 20.3 Å². The van der Waals surface area contributed by atoms with Crippen molar-refractivity contribution >= 4 is 33.4 Å². The number of benzene rings is 1. The van der Waals surface area contributed by atoms with Crippen LogP contribution in [0.15, 0.2) is 30.3 Å². The number of carbonyl (C=O) groups excluding carboxylic acids is 1. The number of nitrogens with zero attached hydrogens (tertiary/aromatic N) is 3. The lowest BCUT2D eigenvalue weighted by atomic mass is 10.3. The van der Waals surface area contributed by atoms with Crippen LogP contribution in [0, 0.1) is 12.7 Å². The minimum Gasteiger partial charge on any atom is -0.480 e. The molecule has 0 fully saturated rings. The Kier molecular flexibility index (Phi) is 5.03. The number of carbonyl (C=O) groups is 2. The lowest BCUT2D eigenvalue weighted by Crippen LogP contribution is -2.35. The van der Waals surface area contributed by atoms with Crippen molar-refractivity contribution in [1.82, 2.24) is 14.7 Å². The van der Waals surface area contributed by atoms with E-state index >= 15 is 0 Å². The second-order valence-electron chi connectivity index (χ2n) is 5.92. The van der Waals surface area contributed by atoms with Crippen molar-refractivity contribution in [3.05, 3.63) is 46.7 Å². The molecule has 2 aromatic heterocycles. The number of carboxylic acid groups (broad SMARTS) is 1. The molecule has 0 saturated carbocycles. The van der Waals surface area contributed by atoms with Gasteiger partial charge in [-0.05, 0) is 43.7 Å². The molecule has 0 saturated heterocycles. The number of aliphatic carboxylic acids is 1. The number of hydrogen-bond donors (Lipinski definition) is 1. The summed E-state index contributed by atoms with van der Waals surface area (Å²) in [6.07, 6.45) is 0.673. The van der Waals surface area contributed by atoms with Crippen LogP contribution in [0.4, 0.5) is 4.39 Å². The summed E-state index contributed by atoms with van der Waals surface area (Å²) in [5, 5.41) is 14.3. The third-order valence-corrected chi connectivity index (χ3v) is 5.03. The van der Waals surface area contributed by atoms with Gasteiger partial charge in [0, 0.05) is 11.9 Å². The minimum absolute atomic E-state index is 0.305. The van der Waals surface area contributed by atoms with E-state index < -0.39 is 5.97 Å². The fraction of sp³-hybridized carbons (Fsp3) is 0.278. The number of fused-ring (bicyclic) bond motifs is 1. The number of hydrogen-bond acceptors (Lipinski definition) is 4. The lowest BCUT2D eigenvalue weighted by Gasteiger charge is -2.18. The van der Waals surface area contributed by atoms with E-state index in [9.17, 15) is 14.0 Å². The quantitative estimate of drug-likeness (QED) is 0.716. The molecule has 0 bridgehead atoms. The van der Waals surface area contributed by atoms with Gasteiger partial charge in [-0.25, -0.2) is 9.07 Å². The van der Waals surface area contributed by atoms with Crippen LogP contribution in [0.3, 0.4) is 0 Å². The van der Waals surface area contributed by atoms with Gasteiger partial charge in [0.15, 0.2) is 0 Å². The summed E-state index contributed by atoms with van der Waals surface area (Å²) in [6, 6.07) is 7.70. The predicted octanol–water partition coefficient (Wildman–Crippen LogP) is 3.47. The Hall–Kier alpha value is -2.74. The average Bonchev–Trinajstić information content (AvgIpc) is 3.15. The van der Waals surface area contributed by atoms with Gasteiger partial charge in [-0.3, -0.25) is 9.59 Å². The standard InChI is InChI=1S/C18H18FN3O3S/c1-3-8-21(10-16(23)24)17(25)15-9-14-11(2)20-22(18(14)26-15)13-6-4-12(19)5-7-13/h4-7,9H,3,8,10H2,1-2H3,(H,23,24). The number of carboxylic acids is 1. The zero-order valence-corrected chi connectivity index (χ0v) is 15.2. The van der Waals surface area contributed by atoms with E-state index in [1.807, 2.05) is 13.8 Å². The van der Waals surface area contributed by atoms with Gasteiger partial charge in [-0.1, -0.05) is 6.92 Å². The Morgan fingerprint density at radius 3 is 2.62 bits per heavy atom. The van der Waals surface area contributed by atoms with Crippen LogP contribution in [-0.4, -0.2) is 44.8 Å². The number of amides is 1. The van der Waals surface area contributed by atoms with E-state index in [1.54, 1.807) is 22.9 Å². The summed E-state index contributed by atoms with van der Waals surface area (Å²) in [5.74, 6) is -1.68. The first kappa shape index (κ1) is 18.1. The van der Waals surface area contributed by atoms with Gasteiger partial charge in [0.05, 0.1) is 16.3 Å². The van der Waals surface area contributed by atoms with Gasteiger partial charge >= 0.3 is 5.97 Å². The normalized spacial score (nSPS) is 11.0. The van der Waals surface area contributed by atoms with Crippen molar-refractivity contribution in [1.29, 1.82) is 0 Å². The molecule has 1 amide bonds. The van der Waals surface area contributed by atoms with Gasteiger partial charge in [0.25, 0.3) is 5.91 Å². The van der Waals surface area contributed by atoms with Gasteiger partial charge < -0.3 is 10.0 Å². The first-order valence-electron chi connectivity index (χ1n) is 8.17. The van der Waals surface area contributed by atoms with Crippen LogP contribution in [0.25, 0.3) is 15.9 Å². The summed E-state index contributed by atoms with van der Waals surface area (Å²) in [5.41, 5.74) is 1.45. The van der Waals surface area contributed by atoms with E-state index in [4.69, 9.17) is 5.11 Å². The maximum absolute atomic E-state index is 13.2. The monoisotopic (exact) mass is 375 g/mol. The van der Waals surface area contributed by atoms with Crippen LogP contribution in [-0.2, 0) is 4.79 Å². The Morgan fingerprint density at radius 1 is 1.31 bits per heavy atom. The van der Waals surface area contributed by atoms with Crippen LogP contribution < -0.4 is 0 Å². The molecule has 1 N–H and O–H groups in total. The Bertz CT molecular complexity index is 962. The number of halogens is 1. The zero-order valence-electron chi connectivity index (χ0n) is 14.4. The van der Waals surface area contributed by atoms with E-state index in [2.05, 4.69) is 5.10 Å². The molecule has 8 heteroatoms. The van der Waals surface area contributed by atoms with Crippen LogP contribution in [0.2, 0.25) is 0 Å². The predicted molar refractivity (Wildman–Crippen MR) is 97.5 cm³/mol. The number of aromatic nitrogens is 2. The summed E-state index contributed by atoms with van der Waals surface area (Å²) in [4.78, 5) is 26.3. The fourth-order valence-electron chi connectivity index (χ4n) is 2.75. The third kappa shape index (κ3) is 3.45. The van der Waals surface area contributed by atoms with E-state index in [0.717, 1.165) is 15.9 Å². The van der Waals surface area contributed by atoms with Crippen molar-refractivity contribution < 1.29 is 19.1 Å². The van der Waals surface area contributed by atoms with Gasteiger partial charge in [0.1, 0.15) is 17.2 Å². The summed E-state index contributed by atoms with van der Waals surface area (Å²) in [6.45, 7) is 3.78. The molecular weight excluding hydrogens is 357 g/mol. The minimum atomic E-state index is -1.04. The molecule has 6 nitrogen and oxygen atoms in total. The highest BCUT2D eigenvalue weighted by atomic mass is 32.1. The van der Waals surface area contributed by atoms with Crippen LogP contribution >= 0.6 is 11.3 Å². The molecule has 0 atom stereocenters. The Balaban J connectivity index is 2.01. The van der Waals surface area contributed by atoms with Gasteiger partial charge in [-0.15, -0.1) is 11.3 Å². The zero-order chi connectivity index (χ0) is 18.8. The Labute approximate surface area is 153 Å². The first-order chi connectivity index (χ1) is 12.4. The van der Waals surface area contributed by atoms with Crippen molar-refractivity contribution in [3.63, 3.8) is 0 Å². The Morgan fingerprint density at radius 2 is 2.00 bits per heavy atom. The molecule has 3 rings (SSSR count). The largest absolute Gasteiger partial charge is 0.480 e. The second-order valence-corrected chi connectivity index (χ2v) is 6.95. The molecule has 3 aromatic rings. The average molecular weight is 375 g/mol. The molecule has 0 radical (unpaired) electrons. The highest BCUT2D eigenvalue weighted by Crippen LogP contribution is 2.31. The lowest BCUT2D eigenvalue weighted by molar-refractivity contribution is -0.137. The highest BCUT2D eigenvalue weighted by molar-refractivity contribution is 7.20. The number of aryl methyl sites for hydroxylation is 1. The number of thiophene rings is 1. The fourth-order valence-corrected chi connectivity index (χ4v) is 3.90. The smallest absolute Gasteiger partial charge is 0.323 e. The number of rotatable bonds is 6. The molecule has 0 spiro atoms. The topological polar surface area (TPSA) is 75.4 Å². The van der Waals surface area contributed by atoms with E-state index in [-0.39, 0.29) is 18.3 Å². The van der Waals surface area contributed by atoms with E-state index in [1.165, 1.54) is 28.4 Å². The van der Waals surface area contributed by atoms with Crippen molar-refractivity contribution in [2.75, 3.05) is 13.1 Å². The second kappa shape index (κ2) is 7.25. The van der Waals surface area contributed by atoms with Crippen LogP contribution in [0.5, 0.6) is 0 Å². The van der Waals surface area contributed by atoms with Gasteiger partial charge in [-0.2, -0.15) is 5.10 Å². The molecule has 2 heterocycles. The maximum atomic E-state index is 13.2. The molecule has 0 unspecified atom stereocenters. The van der Waals surface area contributed by atoms with Gasteiger partial charge in [0.2, 0.25) is 0 Å². The summed E-state index contributed by atoms with van der Waals surface area (Å²) >= 11 is 1.26. The SMILES string of the molecule is CCCN(CC(=O)O)C(=O)c1cc2c(C)nn(-c3ccc(F)cc3)c2s1.